The van der Waals surface area contributed by atoms with Crippen molar-refractivity contribution in [1.29, 1.82) is 0 Å². The largest absolute Gasteiger partial charge is 0.381 e. The van der Waals surface area contributed by atoms with E-state index < -0.39 is 0 Å². The summed E-state index contributed by atoms with van der Waals surface area (Å²) in [6, 6.07) is 9.02. The summed E-state index contributed by atoms with van der Waals surface area (Å²) in [5, 5.41) is 6.78. The molecule has 0 amide bonds. The molecule has 0 radical (unpaired) electrons. The van der Waals surface area contributed by atoms with Crippen molar-refractivity contribution >= 4 is 29.9 Å². The van der Waals surface area contributed by atoms with E-state index in [1.807, 2.05) is 0 Å². The van der Waals surface area contributed by atoms with Crippen LogP contribution in [0.25, 0.3) is 0 Å². The van der Waals surface area contributed by atoms with Crippen LogP contribution in [0.4, 0.5) is 0 Å². The summed E-state index contributed by atoms with van der Waals surface area (Å²) in [7, 11) is 6.02. The van der Waals surface area contributed by atoms with E-state index in [1.54, 1.807) is 7.05 Å². The molecule has 150 valence electrons. The van der Waals surface area contributed by atoms with E-state index >= 15 is 0 Å². The second kappa shape index (κ2) is 14.2. The van der Waals surface area contributed by atoms with Crippen LogP contribution in [-0.4, -0.2) is 58.3 Å². The second-order valence-corrected chi connectivity index (χ2v) is 7.09. The minimum Gasteiger partial charge on any atom is -0.381 e. The summed E-state index contributed by atoms with van der Waals surface area (Å²) in [4.78, 5) is 6.54. The highest BCUT2D eigenvalue weighted by atomic mass is 127. The van der Waals surface area contributed by atoms with E-state index in [1.165, 1.54) is 11.1 Å². The quantitative estimate of drug-likeness (QED) is 0.235. The molecule has 1 atom stereocenters. The number of aryl methyl sites for hydroxylation is 1. The fourth-order valence-electron chi connectivity index (χ4n) is 2.50. The van der Waals surface area contributed by atoms with Gasteiger partial charge >= 0.3 is 0 Å². The van der Waals surface area contributed by atoms with E-state index in [2.05, 4.69) is 79.7 Å². The third-order valence-electron chi connectivity index (χ3n) is 3.98. The van der Waals surface area contributed by atoms with E-state index in [-0.39, 0.29) is 24.0 Å². The first-order valence-electron chi connectivity index (χ1n) is 9.19. The first-order valence-corrected chi connectivity index (χ1v) is 9.19. The van der Waals surface area contributed by atoms with Crippen molar-refractivity contribution < 1.29 is 4.74 Å². The molecule has 1 rings (SSSR count). The zero-order chi connectivity index (χ0) is 18.7. The van der Waals surface area contributed by atoms with Gasteiger partial charge in [0.15, 0.2) is 5.96 Å². The minimum absolute atomic E-state index is 0. The number of guanidine groups is 1. The first-order chi connectivity index (χ1) is 11.9. The zero-order valence-corrected chi connectivity index (χ0v) is 19.5. The number of halogens is 1. The van der Waals surface area contributed by atoms with E-state index in [0.29, 0.717) is 12.0 Å². The summed E-state index contributed by atoms with van der Waals surface area (Å²) in [5.41, 5.74) is 2.59. The normalized spacial score (nSPS) is 12.8. The molecule has 0 fully saturated rings. The lowest BCUT2D eigenvalue weighted by Crippen LogP contribution is -2.42. The predicted octanol–water partition coefficient (Wildman–Crippen LogP) is 3.44. The number of likely N-dealkylation sites (N-methyl/N-ethyl adjacent to an activating group) is 1. The Morgan fingerprint density at radius 3 is 2.35 bits per heavy atom. The van der Waals surface area contributed by atoms with Crippen molar-refractivity contribution in [3.63, 3.8) is 0 Å². The van der Waals surface area contributed by atoms with Crippen LogP contribution in [0.1, 0.15) is 37.4 Å². The van der Waals surface area contributed by atoms with E-state index in [4.69, 9.17) is 4.74 Å². The second-order valence-electron chi connectivity index (χ2n) is 7.09. The molecule has 0 aliphatic heterocycles. The van der Waals surface area contributed by atoms with Crippen molar-refractivity contribution in [3.05, 3.63) is 35.4 Å². The highest BCUT2D eigenvalue weighted by Gasteiger charge is 2.14. The number of hydrogen-bond acceptors (Lipinski definition) is 3. The standard InChI is InChI=1S/C20H36N4O.HI/c1-16(2)15-25-13-7-12-22-20(21-4)23-14-19(24(5)6)18-10-8-17(3)9-11-18;/h8-11,16,19H,7,12-15H2,1-6H3,(H2,21,22,23);1H. The van der Waals surface area contributed by atoms with Crippen LogP contribution in [0, 0.1) is 12.8 Å². The zero-order valence-electron chi connectivity index (χ0n) is 17.2. The van der Waals surface area contributed by atoms with Gasteiger partial charge in [-0.25, -0.2) is 0 Å². The van der Waals surface area contributed by atoms with Crippen LogP contribution in [0.5, 0.6) is 0 Å². The Kier molecular flexibility index (Phi) is 13.8. The maximum atomic E-state index is 5.60. The minimum atomic E-state index is 0. The van der Waals surface area contributed by atoms with Crippen molar-refractivity contribution in [3.8, 4) is 0 Å². The summed E-state index contributed by atoms with van der Waals surface area (Å²) in [5.74, 6) is 1.43. The number of aliphatic imine (C=N–C) groups is 1. The molecule has 2 N–H and O–H groups in total. The van der Waals surface area contributed by atoms with E-state index in [9.17, 15) is 0 Å². The maximum absolute atomic E-state index is 5.60. The van der Waals surface area contributed by atoms with Gasteiger partial charge in [-0.2, -0.15) is 0 Å². The Hall–Kier alpha value is -0.860. The van der Waals surface area contributed by atoms with Gasteiger partial charge in [-0.1, -0.05) is 43.7 Å². The van der Waals surface area contributed by atoms with Gasteiger partial charge in [0, 0.05) is 33.4 Å². The number of nitrogens with zero attached hydrogens (tertiary/aromatic N) is 2. The summed E-state index contributed by atoms with van der Waals surface area (Å²) < 4.78 is 5.60. The predicted molar refractivity (Wildman–Crippen MR) is 123 cm³/mol. The number of rotatable bonds is 10. The monoisotopic (exact) mass is 476 g/mol. The fourth-order valence-corrected chi connectivity index (χ4v) is 2.50. The molecule has 1 aromatic rings. The average Bonchev–Trinajstić information content (AvgIpc) is 2.57. The van der Waals surface area contributed by atoms with Gasteiger partial charge in [0.25, 0.3) is 0 Å². The van der Waals surface area contributed by atoms with Crippen LogP contribution in [0.15, 0.2) is 29.3 Å². The molecule has 0 saturated heterocycles. The molecular formula is C20H37IN4O. The van der Waals surface area contributed by atoms with Crippen molar-refractivity contribution in [2.24, 2.45) is 10.9 Å². The lowest BCUT2D eigenvalue weighted by atomic mass is 10.0. The number of nitrogens with one attached hydrogen (secondary N) is 2. The summed E-state index contributed by atoms with van der Waals surface area (Å²) in [6.45, 7) is 9.72. The molecule has 0 spiro atoms. The van der Waals surface area contributed by atoms with Crippen molar-refractivity contribution in [2.45, 2.75) is 33.2 Å². The molecule has 26 heavy (non-hydrogen) atoms. The van der Waals surface area contributed by atoms with E-state index in [0.717, 1.165) is 38.7 Å². The topological polar surface area (TPSA) is 48.9 Å². The first kappa shape index (κ1) is 25.1. The number of hydrogen-bond donors (Lipinski definition) is 2. The van der Waals surface area contributed by atoms with Crippen LogP contribution in [0.2, 0.25) is 0 Å². The SMILES string of the molecule is CN=C(NCCCOCC(C)C)NCC(c1ccc(C)cc1)N(C)C.I. The molecule has 0 heterocycles. The van der Waals surface area contributed by atoms with Gasteiger partial charge in [-0.15, -0.1) is 24.0 Å². The van der Waals surface area contributed by atoms with Crippen molar-refractivity contribution in [1.82, 2.24) is 15.5 Å². The average molecular weight is 476 g/mol. The summed E-state index contributed by atoms with van der Waals surface area (Å²) in [6.07, 6.45) is 0.975. The Labute approximate surface area is 177 Å². The fraction of sp³-hybridized carbons (Fsp3) is 0.650. The van der Waals surface area contributed by atoms with Gasteiger partial charge in [0.1, 0.15) is 0 Å². The molecule has 1 unspecified atom stereocenters. The Balaban J connectivity index is 0.00000625. The van der Waals surface area contributed by atoms with Gasteiger partial charge in [-0.05, 0) is 38.9 Å². The third kappa shape index (κ3) is 10.3. The Morgan fingerprint density at radius 1 is 1.15 bits per heavy atom. The molecule has 5 nitrogen and oxygen atoms in total. The maximum Gasteiger partial charge on any atom is 0.191 e. The van der Waals surface area contributed by atoms with Gasteiger partial charge < -0.3 is 20.3 Å². The molecule has 6 heteroatoms. The lowest BCUT2D eigenvalue weighted by molar-refractivity contribution is 0.108. The molecule has 0 saturated carbocycles. The van der Waals surface area contributed by atoms with Crippen LogP contribution in [0.3, 0.4) is 0 Å². The molecule has 0 bridgehead atoms. The Morgan fingerprint density at radius 2 is 1.81 bits per heavy atom. The Bertz CT molecular complexity index is 503. The smallest absolute Gasteiger partial charge is 0.191 e. The van der Waals surface area contributed by atoms with Crippen LogP contribution < -0.4 is 10.6 Å². The summed E-state index contributed by atoms with van der Waals surface area (Å²) >= 11 is 0. The highest BCUT2D eigenvalue weighted by Crippen LogP contribution is 2.17. The molecule has 0 aromatic heterocycles. The van der Waals surface area contributed by atoms with Crippen molar-refractivity contribution in [2.75, 3.05) is 47.4 Å². The molecule has 1 aromatic carbocycles. The third-order valence-corrected chi connectivity index (χ3v) is 3.98. The van der Waals surface area contributed by atoms with Crippen LogP contribution in [-0.2, 0) is 4.74 Å². The van der Waals surface area contributed by atoms with Gasteiger partial charge in [0.05, 0.1) is 6.04 Å². The molecule has 0 aliphatic carbocycles. The highest BCUT2D eigenvalue weighted by molar-refractivity contribution is 14.0. The number of benzene rings is 1. The van der Waals surface area contributed by atoms with Crippen LogP contribution >= 0.6 is 24.0 Å². The lowest BCUT2D eigenvalue weighted by Gasteiger charge is -2.26. The molecular weight excluding hydrogens is 439 g/mol. The van der Waals surface area contributed by atoms with Gasteiger partial charge in [0.2, 0.25) is 0 Å². The van der Waals surface area contributed by atoms with Gasteiger partial charge in [-0.3, -0.25) is 4.99 Å². The number of ether oxygens (including phenoxy) is 1. The molecule has 0 aliphatic rings.